The molecule has 3 aromatic rings. The summed E-state index contributed by atoms with van der Waals surface area (Å²) in [7, 11) is 0. The number of aromatic nitrogens is 1. The zero-order valence-corrected chi connectivity index (χ0v) is 13.9. The number of carbonyl (C=O) groups excluding carboxylic acids is 1. The third kappa shape index (κ3) is 3.26. The van der Waals surface area contributed by atoms with E-state index in [-0.39, 0.29) is 5.91 Å². The first-order chi connectivity index (χ1) is 11.6. The van der Waals surface area contributed by atoms with Crippen molar-refractivity contribution < 1.29 is 14.1 Å². The summed E-state index contributed by atoms with van der Waals surface area (Å²) in [5.74, 6) is 1.17. The van der Waals surface area contributed by atoms with Gasteiger partial charge in [-0.15, -0.1) is 0 Å². The van der Waals surface area contributed by atoms with Crippen molar-refractivity contribution in [2.75, 3.05) is 5.32 Å². The zero-order chi connectivity index (χ0) is 17.1. The van der Waals surface area contributed by atoms with Gasteiger partial charge < -0.3 is 14.6 Å². The van der Waals surface area contributed by atoms with Crippen LogP contribution in [0.15, 0.2) is 53.1 Å². The van der Waals surface area contributed by atoms with Crippen molar-refractivity contribution in [1.82, 2.24) is 5.16 Å². The molecule has 0 saturated heterocycles. The average Bonchev–Trinajstić information content (AvgIpc) is 2.90. The summed E-state index contributed by atoms with van der Waals surface area (Å²) in [6.07, 6.45) is 0. The minimum absolute atomic E-state index is 0.304. The molecule has 3 rings (SSSR count). The molecule has 6 heteroatoms. The van der Waals surface area contributed by atoms with Gasteiger partial charge in [0.05, 0.1) is 16.4 Å². The van der Waals surface area contributed by atoms with E-state index in [2.05, 4.69) is 10.5 Å². The molecule has 0 bridgehead atoms. The summed E-state index contributed by atoms with van der Waals surface area (Å²) in [5.41, 5.74) is 1.49. The minimum atomic E-state index is -0.304. The Kier molecular flexibility index (Phi) is 4.53. The van der Waals surface area contributed by atoms with Crippen LogP contribution in [0.5, 0.6) is 11.5 Å². The van der Waals surface area contributed by atoms with Gasteiger partial charge in [0.15, 0.2) is 5.75 Å². The van der Waals surface area contributed by atoms with E-state index in [0.29, 0.717) is 39.2 Å². The van der Waals surface area contributed by atoms with Crippen molar-refractivity contribution in [2.45, 2.75) is 13.8 Å². The number of benzene rings is 2. The van der Waals surface area contributed by atoms with Crippen molar-refractivity contribution >= 4 is 23.2 Å². The molecule has 5 nitrogen and oxygen atoms in total. The van der Waals surface area contributed by atoms with Gasteiger partial charge in [0, 0.05) is 0 Å². The molecule has 0 saturated carbocycles. The molecule has 0 aliphatic heterocycles. The van der Waals surface area contributed by atoms with Gasteiger partial charge in [-0.05, 0) is 38.1 Å². The number of anilines is 1. The molecule has 1 heterocycles. The second-order valence-electron chi connectivity index (χ2n) is 5.18. The number of carbonyl (C=O) groups is 1. The zero-order valence-electron chi connectivity index (χ0n) is 13.2. The predicted octanol–water partition coefficient (Wildman–Crippen LogP) is 4.99. The normalized spacial score (nSPS) is 10.5. The first-order valence-electron chi connectivity index (χ1n) is 7.32. The van der Waals surface area contributed by atoms with Gasteiger partial charge in [-0.2, -0.15) is 0 Å². The Morgan fingerprint density at radius 2 is 1.75 bits per heavy atom. The summed E-state index contributed by atoms with van der Waals surface area (Å²) in [4.78, 5) is 12.5. The van der Waals surface area contributed by atoms with Crippen LogP contribution in [-0.4, -0.2) is 11.1 Å². The van der Waals surface area contributed by atoms with Crippen LogP contribution in [0.3, 0.4) is 0 Å². The number of nitrogens with one attached hydrogen (secondary N) is 1. The Morgan fingerprint density at radius 3 is 2.42 bits per heavy atom. The van der Waals surface area contributed by atoms with E-state index in [1.807, 2.05) is 24.3 Å². The largest absolute Gasteiger partial charge is 0.454 e. The maximum absolute atomic E-state index is 12.5. The van der Waals surface area contributed by atoms with Crippen molar-refractivity contribution in [2.24, 2.45) is 0 Å². The predicted molar refractivity (Wildman–Crippen MR) is 91.9 cm³/mol. The smallest absolute Gasteiger partial charge is 0.261 e. The fraction of sp³-hybridized carbons (Fsp3) is 0.111. The van der Waals surface area contributed by atoms with Gasteiger partial charge in [0.2, 0.25) is 0 Å². The molecule has 0 aliphatic rings. The number of nitrogens with zero attached hydrogens (tertiary/aromatic N) is 1. The number of aryl methyl sites for hydroxylation is 2. The van der Waals surface area contributed by atoms with E-state index in [1.54, 1.807) is 38.1 Å². The number of ether oxygens (including phenoxy) is 1. The monoisotopic (exact) mass is 342 g/mol. The molecule has 0 spiro atoms. The summed E-state index contributed by atoms with van der Waals surface area (Å²) in [6, 6.07) is 14.3. The van der Waals surface area contributed by atoms with Gasteiger partial charge in [-0.3, -0.25) is 4.79 Å². The molecule has 0 radical (unpaired) electrons. The van der Waals surface area contributed by atoms with Crippen LogP contribution in [0, 0.1) is 13.8 Å². The van der Waals surface area contributed by atoms with Crippen LogP contribution in [0.2, 0.25) is 5.02 Å². The highest BCUT2D eigenvalue weighted by Crippen LogP contribution is 2.33. The molecule has 0 unspecified atom stereocenters. The van der Waals surface area contributed by atoms with E-state index >= 15 is 0 Å². The highest BCUT2D eigenvalue weighted by Gasteiger charge is 2.19. The maximum Gasteiger partial charge on any atom is 0.261 e. The van der Waals surface area contributed by atoms with Crippen molar-refractivity contribution in [1.29, 1.82) is 0 Å². The molecule has 1 amide bonds. The maximum atomic E-state index is 12.5. The van der Waals surface area contributed by atoms with Crippen LogP contribution in [0.1, 0.15) is 21.8 Å². The van der Waals surface area contributed by atoms with E-state index in [4.69, 9.17) is 20.9 Å². The fourth-order valence-electron chi connectivity index (χ4n) is 2.30. The molecule has 1 aromatic heterocycles. The Balaban J connectivity index is 1.87. The number of amides is 1. The molecule has 122 valence electrons. The van der Waals surface area contributed by atoms with Crippen molar-refractivity contribution in [3.05, 3.63) is 70.6 Å². The summed E-state index contributed by atoms with van der Waals surface area (Å²) in [5, 5.41) is 7.11. The second-order valence-corrected chi connectivity index (χ2v) is 5.59. The molecule has 24 heavy (non-hydrogen) atoms. The van der Waals surface area contributed by atoms with Crippen molar-refractivity contribution in [3.63, 3.8) is 0 Å². The second kappa shape index (κ2) is 6.76. The Morgan fingerprint density at radius 1 is 1.08 bits per heavy atom. The standard InChI is InChI=1S/C18H15ClN2O3/c1-11-17(12(2)24-21-11)18(22)20-14-8-4-6-10-16(14)23-15-9-5-3-7-13(15)19/h3-10H,1-2H3,(H,20,22). The fourth-order valence-corrected chi connectivity index (χ4v) is 2.47. The minimum Gasteiger partial charge on any atom is -0.454 e. The van der Waals surface area contributed by atoms with Crippen LogP contribution in [-0.2, 0) is 0 Å². The summed E-state index contributed by atoms with van der Waals surface area (Å²) >= 11 is 6.12. The number of para-hydroxylation sites is 3. The Hall–Kier alpha value is -2.79. The molecule has 0 atom stereocenters. The van der Waals surface area contributed by atoms with E-state index in [9.17, 15) is 4.79 Å². The van der Waals surface area contributed by atoms with Crippen LogP contribution < -0.4 is 10.1 Å². The lowest BCUT2D eigenvalue weighted by atomic mass is 10.2. The lowest BCUT2D eigenvalue weighted by Crippen LogP contribution is -2.14. The highest BCUT2D eigenvalue weighted by molar-refractivity contribution is 6.32. The van der Waals surface area contributed by atoms with Gasteiger partial charge in [0.25, 0.3) is 5.91 Å². The van der Waals surface area contributed by atoms with Gasteiger partial charge in [-0.25, -0.2) is 0 Å². The molecule has 1 N–H and O–H groups in total. The number of halogens is 1. The number of rotatable bonds is 4. The van der Waals surface area contributed by atoms with E-state index in [0.717, 1.165) is 0 Å². The Bertz CT molecular complexity index is 870. The van der Waals surface area contributed by atoms with E-state index < -0.39 is 0 Å². The molecular weight excluding hydrogens is 328 g/mol. The summed E-state index contributed by atoms with van der Waals surface area (Å²) in [6.45, 7) is 3.42. The highest BCUT2D eigenvalue weighted by atomic mass is 35.5. The molecule has 0 aliphatic carbocycles. The molecule has 0 fully saturated rings. The van der Waals surface area contributed by atoms with Gasteiger partial charge in [0.1, 0.15) is 17.1 Å². The van der Waals surface area contributed by atoms with Gasteiger partial charge >= 0.3 is 0 Å². The molecular formula is C18H15ClN2O3. The van der Waals surface area contributed by atoms with Crippen LogP contribution in [0.25, 0.3) is 0 Å². The lowest BCUT2D eigenvalue weighted by molar-refractivity contribution is 0.102. The first kappa shape index (κ1) is 16.1. The van der Waals surface area contributed by atoms with Crippen LogP contribution in [0.4, 0.5) is 5.69 Å². The first-order valence-corrected chi connectivity index (χ1v) is 7.69. The summed E-state index contributed by atoms with van der Waals surface area (Å²) < 4.78 is 10.9. The number of hydrogen-bond acceptors (Lipinski definition) is 4. The lowest BCUT2D eigenvalue weighted by Gasteiger charge is -2.13. The topological polar surface area (TPSA) is 64.4 Å². The third-order valence-electron chi connectivity index (χ3n) is 3.45. The third-order valence-corrected chi connectivity index (χ3v) is 3.76. The quantitative estimate of drug-likeness (QED) is 0.725. The van der Waals surface area contributed by atoms with Crippen LogP contribution >= 0.6 is 11.6 Å². The van der Waals surface area contributed by atoms with E-state index in [1.165, 1.54) is 0 Å². The molecule has 2 aromatic carbocycles. The SMILES string of the molecule is Cc1noc(C)c1C(=O)Nc1ccccc1Oc1ccccc1Cl. The average molecular weight is 343 g/mol. The van der Waals surface area contributed by atoms with Gasteiger partial charge in [-0.1, -0.05) is 41.0 Å². The van der Waals surface area contributed by atoms with Crippen molar-refractivity contribution in [3.8, 4) is 11.5 Å². The number of hydrogen-bond donors (Lipinski definition) is 1. The Labute approximate surface area is 144 Å².